The van der Waals surface area contributed by atoms with Crippen LogP contribution in [-0.2, 0) is 4.79 Å². The number of anilines is 1. The first-order valence-corrected chi connectivity index (χ1v) is 6.53. The number of benzene rings is 1. The van der Waals surface area contributed by atoms with Crippen LogP contribution in [0.4, 0.5) is 5.69 Å². The third kappa shape index (κ3) is 4.73. The fourth-order valence-electron chi connectivity index (χ4n) is 1.55. The van der Waals surface area contributed by atoms with Gasteiger partial charge in [-0.1, -0.05) is 6.92 Å². The van der Waals surface area contributed by atoms with Crippen LogP contribution in [0.1, 0.15) is 13.3 Å². The van der Waals surface area contributed by atoms with Crippen LogP contribution in [0.3, 0.4) is 0 Å². The maximum atomic E-state index is 11.7. The molecule has 6 nitrogen and oxygen atoms in total. The number of hydrogen-bond donors (Lipinski definition) is 2. The molecule has 1 amide bonds. The standard InChI is InChI=1S/C15H19N3O3/c1-4-7-17-15(19)11(9-16)10-18-13-6-5-12(20-2)8-14(13)21-3/h5-6,8,10,18H,4,7H2,1-3H3,(H,17,19)/b11-10-. The highest BCUT2D eigenvalue weighted by atomic mass is 16.5. The molecule has 0 aromatic heterocycles. The van der Waals surface area contributed by atoms with Gasteiger partial charge in [-0.25, -0.2) is 0 Å². The zero-order valence-electron chi connectivity index (χ0n) is 12.4. The molecule has 0 spiro atoms. The highest BCUT2D eigenvalue weighted by Gasteiger charge is 2.09. The molecule has 0 saturated carbocycles. The quantitative estimate of drug-likeness (QED) is 0.593. The maximum Gasteiger partial charge on any atom is 0.263 e. The maximum absolute atomic E-state index is 11.7. The summed E-state index contributed by atoms with van der Waals surface area (Å²) in [5.74, 6) is 0.804. The Labute approximate surface area is 124 Å². The predicted octanol–water partition coefficient (Wildman–Crippen LogP) is 2.05. The molecule has 1 aromatic rings. The lowest BCUT2D eigenvalue weighted by Crippen LogP contribution is -2.25. The number of nitriles is 1. The minimum atomic E-state index is -0.403. The van der Waals surface area contributed by atoms with E-state index in [1.165, 1.54) is 13.3 Å². The summed E-state index contributed by atoms with van der Waals surface area (Å²) in [5, 5.41) is 14.6. The number of hydrogen-bond acceptors (Lipinski definition) is 5. The summed E-state index contributed by atoms with van der Waals surface area (Å²) in [4.78, 5) is 11.7. The average Bonchev–Trinajstić information content (AvgIpc) is 2.53. The van der Waals surface area contributed by atoms with E-state index in [1.807, 2.05) is 13.0 Å². The van der Waals surface area contributed by atoms with Crippen molar-refractivity contribution in [2.24, 2.45) is 0 Å². The molecule has 0 atom stereocenters. The number of carbonyl (C=O) groups is 1. The highest BCUT2D eigenvalue weighted by molar-refractivity contribution is 5.97. The molecule has 0 aliphatic rings. The Balaban J connectivity index is 2.87. The van der Waals surface area contributed by atoms with Gasteiger partial charge in [0.15, 0.2) is 0 Å². The second-order valence-corrected chi connectivity index (χ2v) is 4.14. The molecule has 0 unspecified atom stereocenters. The molecular weight excluding hydrogens is 270 g/mol. The van der Waals surface area contributed by atoms with Crippen molar-refractivity contribution in [1.29, 1.82) is 5.26 Å². The van der Waals surface area contributed by atoms with Crippen molar-refractivity contribution >= 4 is 11.6 Å². The second kappa shape index (κ2) is 8.48. The van der Waals surface area contributed by atoms with E-state index in [-0.39, 0.29) is 5.57 Å². The molecule has 0 fully saturated rings. The minimum absolute atomic E-state index is 0.00122. The first-order valence-electron chi connectivity index (χ1n) is 6.53. The highest BCUT2D eigenvalue weighted by Crippen LogP contribution is 2.29. The monoisotopic (exact) mass is 289 g/mol. The summed E-state index contributed by atoms with van der Waals surface area (Å²) in [6.07, 6.45) is 2.17. The number of methoxy groups -OCH3 is 2. The lowest BCUT2D eigenvalue weighted by molar-refractivity contribution is -0.117. The van der Waals surface area contributed by atoms with Crippen LogP contribution in [0.2, 0.25) is 0 Å². The van der Waals surface area contributed by atoms with Gasteiger partial charge in [0.1, 0.15) is 23.1 Å². The van der Waals surface area contributed by atoms with Gasteiger partial charge in [-0.3, -0.25) is 4.79 Å². The van der Waals surface area contributed by atoms with Crippen molar-refractivity contribution in [1.82, 2.24) is 5.32 Å². The van der Waals surface area contributed by atoms with Crippen LogP contribution in [-0.4, -0.2) is 26.7 Å². The second-order valence-electron chi connectivity index (χ2n) is 4.14. The van der Waals surface area contributed by atoms with Crippen molar-refractivity contribution in [3.63, 3.8) is 0 Å². The largest absolute Gasteiger partial charge is 0.497 e. The lowest BCUT2D eigenvalue weighted by atomic mass is 10.2. The van der Waals surface area contributed by atoms with Crippen LogP contribution in [0, 0.1) is 11.3 Å². The van der Waals surface area contributed by atoms with Crippen molar-refractivity contribution in [3.8, 4) is 17.6 Å². The first kappa shape index (κ1) is 16.4. The van der Waals surface area contributed by atoms with Gasteiger partial charge in [-0.2, -0.15) is 5.26 Å². The molecule has 0 saturated heterocycles. The average molecular weight is 289 g/mol. The smallest absolute Gasteiger partial charge is 0.263 e. The number of nitrogens with zero attached hydrogens (tertiary/aromatic N) is 1. The Kier molecular flexibility index (Phi) is 6.61. The predicted molar refractivity (Wildman–Crippen MR) is 80.2 cm³/mol. The van der Waals surface area contributed by atoms with Crippen molar-refractivity contribution in [2.45, 2.75) is 13.3 Å². The summed E-state index contributed by atoms with van der Waals surface area (Å²) in [5.41, 5.74) is 0.635. The van der Waals surface area contributed by atoms with E-state index < -0.39 is 5.91 Å². The molecule has 0 radical (unpaired) electrons. The minimum Gasteiger partial charge on any atom is -0.497 e. The van der Waals surface area contributed by atoms with Gasteiger partial charge >= 0.3 is 0 Å². The van der Waals surface area contributed by atoms with Crippen LogP contribution < -0.4 is 20.1 Å². The molecule has 112 valence electrons. The Morgan fingerprint density at radius 1 is 1.38 bits per heavy atom. The Bertz CT molecular complexity index is 562. The molecule has 0 aliphatic carbocycles. The van der Waals surface area contributed by atoms with Gasteiger partial charge in [-0.15, -0.1) is 0 Å². The van der Waals surface area contributed by atoms with E-state index >= 15 is 0 Å². The van der Waals surface area contributed by atoms with E-state index in [0.717, 1.165) is 6.42 Å². The first-order chi connectivity index (χ1) is 10.2. The molecule has 1 aromatic carbocycles. The van der Waals surface area contributed by atoms with Crippen molar-refractivity contribution < 1.29 is 14.3 Å². The van der Waals surface area contributed by atoms with Crippen LogP contribution in [0.5, 0.6) is 11.5 Å². The third-order valence-corrected chi connectivity index (χ3v) is 2.68. The topological polar surface area (TPSA) is 83.4 Å². The van der Waals surface area contributed by atoms with Crippen LogP contribution in [0.25, 0.3) is 0 Å². The zero-order chi connectivity index (χ0) is 15.7. The fraction of sp³-hybridized carbons (Fsp3) is 0.333. The van der Waals surface area contributed by atoms with E-state index in [9.17, 15) is 4.79 Å². The molecule has 0 aliphatic heterocycles. The summed E-state index contributed by atoms with van der Waals surface area (Å²) in [7, 11) is 3.09. The molecule has 0 heterocycles. The van der Waals surface area contributed by atoms with E-state index in [2.05, 4.69) is 10.6 Å². The zero-order valence-corrected chi connectivity index (χ0v) is 12.4. The SMILES string of the molecule is CCCNC(=O)/C(C#N)=C\Nc1ccc(OC)cc1OC. The summed E-state index contributed by atoms with van der Waals surface area (Å²) >= 11 is 0. The van der Waals surface area contributed by atoms with Gasteiger partial charge in [-0.05, 0) is 18.6 Å². The number of nitrogens with one attached hydrogen (secondary N) is 2. The Morgan fingerprint density at radius 2 is 2.14 bits per heavy atom. The van der Waals surface area contributed by atoms with Gasteiger partial charge < -0.3 is 20.1 Å². The molecule has 21 heavy (non-hydrogen) atoms. The molecule has 6 heteroatoms. The Hall–Kier alpha value is -2.68. The van der Waals surface area contributed by atoms with Gasteiger partial charge in [0.05, 0.1) is 19.9 Å². The normalized spacial score (nSPS) is 10.5. The fourth-order valence-corrected chi connectivity index (χ4v) is 1.55. The van der Waals surface area contributed by atoms with Crippen molar-refractivity contribution in [2.75, 3.05) is 26.1 Å². The Morgan fingerprint density at radius 3 is 2.71 bits per heavy atom. The van der Waals surface area contributed by atoms with Crippen molar-refractivity contribution in [3.05, 3.63) is 30.0 Å². The molecule has 1 rings (SSSR count). The van der Waals surface area contributed by atoms with Crippen LogP contribution in [0.15, 0.2) is 30.0 Å². The van der Waals surface area contributed by atoms with E-state index in [0.29, 0.717) is 23.7 Å². The summed E-state index contributed by atoms with van der Waals surface area (Å²) < 4.78 is 10.3. The van der Waals surface area contributed by atoms with Crippen LogP contribution >= 0.6 is 0 Å². The lowest BCUT2D eigenvalue weighted by Gasteiger charge is -2.10. The number of rotatable bonds is 7. The van der Waals surface area contributed by atoms with Gasteiger partial charge in [0, 0.05) is 18.8 Å². The number of amides is 1. The molecular formula is C15H19N3O3. The molecule has 2 N–H and O–H groups in total. The van der Waals surface area contributed by atoms with E-state index in [4.69, 9.17) is 14.7 Å². The number of ether oxygens (including phenoxy) is 2. The number of carbonyl (C=O) groups excluding carboxylic acids is 1. The van der Waals surface area contributed by atoms with Gasteiger partial charge in [0.25, 0.3) is 5.91 Å². The third-order valence-electron chi connectivity index (χ3n) is 2.68. The van der Waals surface area contributed by atoms with E-state index in [1.54, 1.807) is 25.3 Å². The van der Waals surface area contributed by atoms with Gasteiger partial charge in [0.2, 0.25) is 0 Å². The molecule has 0 bridgehead atoms. The summed E-state index contributed by atoms with van der Waals surface area (Å²) in [6, 6.07) is 7.06. The summed E-state index contributed by atoms with van der Waals surface area (Å²) in [6.45, 7) is 2.47.